The Balaban J connectivity index is 1.79. The Morgan fingerprint density at radius 3 is 2.65 bits per heavy atom. The molecule has 7 nitrogen and oxygen atoms in total. The van der Waals surface area contributed by atoms with Crippen molar-refractivity contribution in [2.75, 3.05) is 26.9 Å². The zero-order valence-corrected chi connectivity index (χ0v) is 18.6. The molecule has 7 heteroatoms. The van der Waals surface area contributed by atoms with Crippen molar-refractivity contribution in [3.8, 4) is 11.5 Å². The molecule has 1 aromatic rings. The molecule has 0 bridgehead atoms. The molecule has 1 N–H and O–H groups in total. The van der Waals surface area contributed by atoms with Gasteiger partial charge in [-0.05, 0) is 49.3 Å². The predicted octanol–water partition coefficient (Wildman–Crippen LogP) is 2.87. The molecule has 5 atom stereocenters. The van der Waals surface area contributed by atoms with Gasteiger partial charge in [-0.1, -0.05) is 19.9 Å². The zero-order valence-electron chi connectivity index (χ0n) is 18.6. The molecule has 0 aromatic heterocycles. The number of aliphatic hydroxyl groups excluding tert-OH is 1. The molecule has 1 saturated carbocycles. The van der Waals surface area contributed by atoms with Crippen LogP contribution in [-0.4, -0.2) is 54.7 Å². The number of Topliss-reactive ketones (excluding diaryl/α,β-unsaturated/α-hetero) is 1. The van der Waals surface area contributed by atoms with Crippen molar-refractivity contribution < 1.29 is 28.9 Å². The van der Waals surface area contributed by atoms with Crippen molar-refractivity contribution in [1.82, 2.24) is 4.90 Å². The minimum Gasteiger partial charge on any atom is -0.493 e. The average molecular weight is 430 g/mol. The maximum atomic E-state index is 13.7. The summed E-state index contributed by atoms with van der Waals surface area (Å²) in [4.78, 5) is 28.5. The first-order chi connectivity index (χ1) is 14.9. The van der Waals surface area contributed by atoms with Crippen LogP contribution in [0.5, 0.6) is 11.5 Å². The number of ether oxygens (including phenoxy) is 3. The molecule has 1 aliphatic carbocycles. The fourth-order valence-electron chi connectivity index (χ4n) is 5.44. The van der Waals surface area contributed by atoms with Crippen molar-refractivity contribution in [3.63, 3.8) is 0 Å². The first-order valence-corrected chi connectivity index (χ1v) is 11.1. The fourth-order valence-corrected chi connectivity index (χ4v) is 5.44. The van der Waals surface area contributed by atoms with E-state index in [-0.39, 0.29) is 48.5 Å². The fraction of sp³-hybridized carbons (Fsp3) is 0.583. The van der Waals surface area contributed by atoms with Crippen molar-refractivity contribution >= 4 is 11.7 Å². The van der Waals surface area contributed by atoms with Crippen LogP contribution in [0.3, 0.4) is 0 Å². The number of rotatable bonds is 6. The number of carbonyl (C=O) groups excluding carboxylic acids is 2. The number of nitrogens with zero attached hydrogens (tertiary/aromatic N) is 1. The lowest BCUT2D eigenvalue weighted by Crippen LogP contribution is -2.45. The van der Waals surface area contributed by atoms with Gasteiger partial charge in [-0.15, -0.1) is 0 Å². The van der Waals surface area contributed by atoms with Crippen LogP contribution < -0.4 is 9.47 Å². The van der Waals surface area contributed by atoms with Crippen LogP contribution >= 0.6 is 0 Å². The minimum absolute atomic E-state index is 0.00343. The Bertz CT molecular complexity index is 909. The molecule has 1 amide bonds. The van der Waals surface area contributed by atoms with Crippen LogP contribution in [0.2, 0.25) is 0 Å². The topological polar surface area (TPSA) is 85.3 Å². The Kier molecular flexibility index (Phi) is 5.97. The van der Waals surface area contributed by atoms with Crippen LogP contribution in [0.15, 0.2) is 29.5 Å². The highest BCUT2D eigenvalue weighted by molar-refractivity contribution is 6.11. The van der Waals surface area contributed by atoms with E-state index in [4.69, 9.17) is 14.2 Å². The molecule has 5 unspecified atom stereocenters. The normalized spacial score (nSPS) is 30.1. The molecule has 3 aliphatic rings. The number of methoxy groups -OCH3 is 1. The predicted molar refractivity (Wildman–Crippen MR) is 114 cm³/mol. The van der Waals surface area contributed by atoms with Gasteiger partial charge in [0.15, 0.2) is 23.0 Å². The first-order valence-electron chi connectivity index (χ1n) is 11.1. The van der Waals surface area contributed by atoms with Crippen molar-refractivity contribution in [3.05, 3.63) is 35.1 Å². The second kappa shape index (κ2) is 8.54. The summed E-state index contributed by atoms with van der Waals surface area (Å²) in [5, 5.41) is 9.62. The van der Waals surface area contributed by atoms with E-state index < -0.39 is 6.04 Å². The minimum atomic E-state index is -0.611. The molecular formula is C24H31NO6. The maximum Gasteiger partial charge on any atom is 0.290 e. The second-order valence-electron chi connectivity index (χ2n) is 8.82. The van der Waals surface area contributed by atoms with E-state index in [2.05, 4.69) is 13.8 Å². The molecule has 168 valence electrons. The van der Waals surface area contributed by atoms with Gasteiger partial charge in [-0.2, -0.15) is 0 Å². The number of hydrogen-bond donors (Lipinski definition) is 1. The molecule has 0 radical (unpaired) electrons. The van der Waals surface area contributed by atoms with Crippen LogP contribution in [0.4, 0.5) is 0 Å². The lowest BCUT2D eigenvalue weighted by molar-refractivity contribution is -0.139. The SMILES string of the molecule is CCOc1ccc(C2C3=C(OC4C(C)CC(C)CC4C3=O)C(=O)N2CCO)cc1OC. The lowest BCUT2D eigenvalue weighted by Gasteiger charge is -2.41. The highest BCUT2D eigenvalue weighted by atomic mass is 16.5. The van der Waals surface area contributed by atoms with Gasteiger partial charge < -0.3 is 24.2 Å². The number of ketones is 1. The number of β-amino-alcohol motifs (C(OH)–C–C–N with tert-alkyl or cyclic N) is 1. The Morgan fingerprint density at radius 1 is 1.19 bits per heavy atom. The lowest BCUT2D eigenvalue weighted by atomic mass is 9.70. The number of benzene rings is 1. The Hall–Kier alpha value is -2.54. The first kappa shape index (κ1) is 21.7. The van der Waals surface area contributed by atoms with Gasteiger partial charge in [0.05, 0.1) is 37.9 Å². The number of carbonyl (C=O) groups is 2. The number of aliphatic hydroxyl groups is 1. The van der Waals surface area contributed by atoms with E-state index in [0.717, 1.165) is 18.4 Å². The molecule has 4 rings (SSSR count). The van der Waals surface area contributed by atoms with E-state index in [1.165, 1.54) is 4.90 Å². The van der Waals surface area contributed by atoms with E-state index in [0.29, 0.717) is 29.6 Å². The van der Waals surface area contributed by atoms with E-state index in [9.17, 15) is 14.7 Å². The van der Waals surface area contributed by atoms with Crippen molar-refractivity contribution in [2.24, 2.45) is 17.8 Å². The third-order valence-corrected chi connectivity index (χ3v) is 6.67. The molecule has 1 fully saturated rings. The highest BCUT2D eigenvalue weighted by Gasteiger charge is 2.53. The summed E-state index contributed by atoms with van der Waals surface area (Å²) in [7, 11) is 1.56. The van der Waals surface area contributed by atoms with E-state index in [1.807, 2.05) is 13.0 Å². The summed E-state index contributed by atoms with van der Waals surface area (Å²) < 4.78 is 17.3. The van der Waals surface area contributed by atoms with Gasteiger partial charge in [0.1, 0.15) is 6.10 Å². The van der Waals surface area contributed by atoms with Crippen LogP contribution in [0.25, 0.3) is 0 Å². The van der Waals surface area contributed by atoms with Crippen molar-refractivity contribution in [2.45, 2.75) is 45.8 Å². The van der Waals surface area contributed by atoms with Gasteiger partial charge in [0, 0.05) is 6.54 Å². The number of fused-ring (bicyclic) bond motifs is 1. The number of hydrogen-bond acceptors (Lipinski definition) is 6. The van der Waals surface area contributed by atoms with E-state index in [1.54, 1.807) is 19.2 Å². The Labute approximate surface area is 183 Å². The largest absolute Gasteiger partial charge is 0.493 e. The standard InChI is InChI=1S/C24H31NO6/c1-5-30-17-7-6-15(12-18(17)29-4)20-19-21(27)16-11-13(2)10-14(3)22(16)31-23(19)24(28)25(20)8-9-26/h6-7,12-14,16,20,22,26H,5,8-11H2,1-4H3. The maximum absolute atomic E-state index is 13.7. The molecule has 31 heavy (non-hydrogen) atoms. The number of amides is 1. The summed E-state index contributed by atoms with van der Waals surface area (Å²) in [6, 6.07) is 4.83. The zero-order chi connectivity index (χ0) is 22.3. The molecular weight excluding hydrogens is 398 g/mol. The summed E-state index contributed by atoms with van der Waals surface area (Å²) in [6.07, 6.45) is 1.47. The van der Waals surface area contributed by atoms with Crippen molar-refractivity contribution in [1.29, 1.82) is 0 Å². The van der Waals surface area contributed by atoms with Gasteiger partial charge in [0.2, 0.25) is 0 Å². The van der Waals surface area contributed by atoms with Gasteiger partial charge in [0.25, 0.3) is 5.91 Å². The molecule has 1 aromatic carbocycles. The summed E-state index contributed by atoms with van der Waals surface area (Å²) in [5.74, 6) is 1.34. The molecule has 2 aliphatic heterocycles. The third-order valence-electron chi connectivity index (χ3n) is 6.67. The van der Waals surface area contributed by atoms with E-state index >= 15 is 0 Å². The Morgan fingerprint density at radius 2 is 1.97 bits per heavy atom. The molecule has 0 spiro atoms. The molecule has 0 saturated heterocycles. The van der Waals surface area contributed by atoms with Gasteiger partial charge >= 0.3 is 0 Å². The smallest absolute Gasteiger partial charge is 0.290 e. The summed E-state index contributed by atoms with van der Waals surface area (Å²) >= 11 is 0. The average Bonchev–Trinajstić information content (AvgIpc) is 3.02. The monoisotopic (exact) mass is 429 g/mol. The molecule has 2 heterocycles. The summed E-state index contributed by atoms with van der Waals surface area (Å²) in [6.45, 7) is 6.55. The highest BCUT2D eigenvalue weighted by Crippen LogP contribution is 2.49. The van der Waals surface area contributed by atoms with Crippen LogP contribution in [0.1, 0.15) is 45.2 Å². The van der Waals surface area contributed by atoms with Crippen LogP contribution in [0, 0.1) is 17.8 Å². The quantitative estimate of drug-likeness (QED) is 0.749. The van der Waals surface area contributed by atoms with Gasteiger partial charge in [-0.25, -0.2) is 0 Å². The third kappa shape index (κ3) is 3.59. The van der Waals surface area contributed by atoms with Gasteiger partial charge in [-0.3, -0.25) is 9.59 Å². The van der Waals surface area contributed by atoms with Crippen LogP contribution in [-0.2, 0) is 14.3 Å². The second-order valence-corrected chi connectivity index (χ2v) is 8.82. The summed E-state index contributed by atoms with van der Waals surface area (Å²) in [5.41, 5.74) is 1.15.